The van der Waals surface area contributed by atoms with Crippen molar-refractivity contribution in [2.75, 3.05) is 13.2 Å². The Labute approximate surface area is 220 Å². The Morgan fingerprint density at radius 1 is 0.944 bits per heavy atom. The van der Waals surface area contributed by atoms with E-state index in [9.17, 15) is 16.8 Å². The summed E-state index contributed by atoms with van der Waals surface area (Å²) in [5, 5.41) is 0. The Morgan fingerprint density at radius 3 is 2.25 bits per heavy atom. The third kappa shape index (κ3) is 6.75. The van der Waals surface area contributed by atoms with Crippen LogP contribution < -0.4 is 0 Å². The molecule has 36 heavy (non-hydrogen) atoms. The summed E-state index contributed by atoms with van der Waals surface area (Å²) < 4.78 is 57.3. The first-order valence-corrected chi connectivity index (χ1v) is 15.1. The number of hydrogen-bond acceptors (Lipinski definition) is 5. The Morgan fingerprint density at radius 2 is 1.61 bits per heavy atom. The number of allylic oxidation sites excluding steroid dienone is 1. The molecule has 0 saturated carbocycles. The van der Waals surface area contributed by atoms with Gasteiger partial charge in [0.25, 0.3) is 20.1 Å². The van der Waals surface area contributed by atoms with Crippen molar-refractivity contribution in [3.05, 3.63) is 78.4 Å². The summed E-state index contributed by atoms with van der Waals surface area (Å²) >= 11 is 6.11. The third-order valence-corrected chi connectivity index (χ3v) is 9.54. The lowest BCUT2D eigenvalue weighted by Gasteiger charge is -2.14. The van der Waals surface area contributed by atoms with Gasteiger partial charge in [-0.3, -0.25) is 4.18 Å². The lowest BCUT2D eigenvalue weighted by atomic mass is 10.0. The highest BCUT2D eigenvalue weighted by Gasteiger charge is 2.26. The average Bonchev–Trinajstić information content (AvgIpc) is 3.05. The number of rotatable bonds is 13. The predicted octanol–water partition coefficient (Wildman–Crippen LogP) is 6.50. The van der Waals surface area contributed by atoms with Crippen LogP contribution in [0.1, 0.15) is 50.7 Å². The summed E-state index contributed by atoms with van der Waals surface area (Å²) in [6.45, 7) is 8.12. The fourth-order valence-electron chi connectivity index (χ4n) is 3.84. The second-order valence-electron chi connectivity index (χ2n) is 8.68. The molecule has 0 spiro atoms. The monoisotopic (exact) mass is 549 g/mol. The number of sulfonamides is 1. The first-order chi connectivity index (χ1) is 17.1. The van der Waals surface area contributed by atoms with E-state index in [0.29, 0.717) is 31.2 Å². The molecule has 0 radical (unpaired) electrons. The molecule has 2 aliphatic rings. The summed E-state index contributed by atoms with van der Waals surface area (Å²) in [5.74, 6) is 0. The summed E-state index contributed by atoms with van der Waals surface area (Å²) in [6, 6.07) is 17.2. The fourth-order valence-corrected chi connectivity index (χ4v) is 6.50. The van der Waals surface area contributed by atoms with Crippen LogP contribution in [-0.4, -0.2) is 33.8 Å². The summed E-state index contributed by atoms with van der Waals surface area (Å²) in [7, 11) is -7.70. The lowest BCUT2D eigenvalue weighted by Crippen LogP contribution is -2.23. The van der Waals surface area contributed by atoms with Gasteiger partial charge in [-0.1, -0.05) is 68.0 Å². The number of hydrogen-bond donors (Lipinski definition) is 0. The Balaban J connectivity index is 1.79. The van der Waals surface area contributed by atoms with Crippen LogP contribution in [0.3, 0.4) is 0 Å². The number of nitrogens with zero attached hydrogens (tertiary/aromatic N) is 1. The van der Waals surface area contributed by atoms with Crippen LogP contribution in [0, 0.1) is 0 Å². The second-order valence-corrected chi connectivity index (χ2v) is 12.7. The van der Waals surface area contributed by atoms with Crippen molar-refractivity contribution >= 4 is 37.5 Å². The normalized spacial score (nSPS) is 12.3. The molecule has 1 aromatic carbocycles. The molecule has 3 rings (SSSR count). The predicted molar refractivity (Wildman–Crippen MR) is 145 cm³/mol. The zero-order valence-corrected chi connectivity index (χ0v) is 23.0. The van der Waals surface area contributed by atoms with Gasteiger partial charge in [-0.2, -0.15) is 8.42 Å². The molecule has 0 unspecified atom stereocenters. The molecular weight excluding hydrogens is 518 g/mol. The minimum absolute atomic E-state index is 0.135. The van der Waals surface area contributed by atoms with Gasteiger partial charge in [-0.05, 0) is 79.3 Å². The van der Waals surface area contributed by atoms with Gasteiger partial charge in [-0.15, -0.1) is 3.82 Å². The molecule has 1 aromatic rings. The van der Waals surface area contributed by atoms with Gasteiger partial charge in [0.05, 0.1) is 11.5 Å². The third-order valence-electron chi connectivity index (χ3n) is 5.90. The molecule has 0 fully saturated rings. The molecule has 0 aliphatic heterocycles. The smallest absolute Gasteiger partial charge is 0.266 e. The van der Waals surface area contributed by atoms with E-state index < -0.39 is 20.1 Å². The highest BCUT2D eigenvalue weighted by molar-refractivity contribution is 7.90. The second kappa shape index (κ2) is 12.3. The molecule has 194 valence electrons. The minimum Gasteiger partial charge on any atom is -0.266 e. The van der Waals surface area contributed by atoms with Crippen LogP contribution in [0.15, 0.2) is 77.0 Å². The van der Waals surface area contributed by atoms with E-state index in [2.05, 4.69) is 6.58 Å². The van der Waals surface area contributed by atoms with Crippen molar-refractivity contribution in [3.63, 3.8) is 0 Å². The van der Waals surface area contributed by atoms with E-state index in [4.69, 9.17) is 16.0 Å². The van der Waals surface area contributed by atoms with Crippen molar-refractivity contribution in [2.45, 2.75) is 55.7 Å². The van der Waals surface area contributed by atoms with Crippen LogP contribution in [0.2, 0.25) is 0 Å². The lowest BCUT2D eigenvalue weighted by molar-refractivity contribution is 0.311. The van der Waals surface area contributed by atoms with E-state index >= 15 is 0 Å². The molecule has 0 amide bonds. The molecule has 0 bridgehead atoms. The number of aryl methyl sites for hydroxylation is 1. The SMILES string of the molecule is C=C(C)c1ccc2c(CCCCN(Cl)S(=O)(=O)c3ccccc3)cc(S(=O)(=O)OCCCC)c-2cc1. The Hall–Kier alpha value is -2.23. The maximum Gasteiger partial charge on any atom is 0.297 e. The van der Waals surface area contributed by atoms with Crippen LogP contribution in [-0.2, 0) is 30.7 Å². The van der Waals surface area contributed by atoms with Crippen molar-refractivity contribution in [2.24, 2.45) is 0 Å². The van der Waals surface area contributed by atoms with Gasteiger partial charge in [-0.25, -0.2) is 8.42 Å². The molecule has 9 heteroatoms. The highest BCUT2D eigenvalue weighted by atomic mass is 35.5. The van der Waals surface area contributed by atoms with Crippen molar-refractivity contribution in [1.82, 2.24) is 3.82 Å². The van der Waals surface area contributed by atoms with Gasteiger partial charge >= 0.3 is 0 Å². The van der Waals surface area contributed by atoms with Crippen molar-refractivity contribution in [3.8, 4) is 11.1 Å². The number of fused-ring (bicyclic) bond motifs is 1. The van der Waals surface area contributed by atoms with Crippen LogP contribution in [0.5, 0.6) is 0 Å². The first kappa shape index (κ1) is 28.3. The molecule has 0 aromatic heterocycles. The molecule has 0 saturated heterocycles. The van der Waals surface area contributed by atoms with Gasteiger partial charge in [0, 0.05) is 12.1 Å². The molecule has 6 nitrogen and oxygen atoms in total. The Kier molecular flexibility index (Phi) is 9.72. The number of benzene rings is 1. The Bertz CT molecular complexity index is 1370. The van der Waals surface area contributed by atoms with Crippen LogP contribution in [0.25, 0.3) is 16.7 Å². The topological polar surface area (TPSA) is 80.8 Å². The molecule has 2 aliphatic carbocycles. The van der Waals surface area contributed by atoms with Gasteiger partial charge in [0.2, 0.25) is 0 Å². The highest BCUT2D eigenvalue weighted by Crippen LogP contribution is 2.37. The fraction of sp³-hybridized carbons (Fsp3) is 0.333. The maximum atomic E-state index is 13.0. The number of unbranched alkanes of at least 4 members (excludes halogenated alkanes) is 2. The van der Waals surface area contributed by atoms with Gasteiger partial charge < -0.3 is 0 Å². The van der Waals surface area contributed by atoms with E-state index in [-0.39, 0.29) is 22.9 Å². The van der Waals surface area contributed by atoms with E-state index in [1.54, 1.807) is 30.3 Å². The van der Waals surface area contributed by atoms with Crippen LogP contribution in [0.4, 0.5) is 0 Å². The van der Waals surface area contributed by atoms with Gasteiger partial charge in [0.1, 0.15) is 4.90 Å². The summed E-state index contributed by atoms with van der Waals surface area (Å²) in [4.78, 5) is 0.291. The minimum atomic E-state index is -3.93. The van der Waals surface area contributed by atoms with E-state index in [1.165, 1.54) is 12.1 Å². The first-order valence-electron chi connectivity index (χ1n) is 11.9. The zero-order chi connectivity index (χ0) is 26.3. The summed E-state index contributed by atoms with van der Waals surface area (Å²) in [5.41, 5.74) is 4.06. The zero-order valence-electron chi connectivity index (χ0n) is 20.6. The van der Waals surface area contributed by atoms with E-state index in [0.717, 1.165) is 32.5 Å². The maximum absolute atomic E-state index is 13.0. The number of halogens is 1. The van der Waals surface area contributed by atoms with Crippen molar-refractivity contribution in [1.29, 1.82) is 0 Å². The van der Waals surface area contributed by atoms with E-state index in [1.807, 2.05) is 32.0 Å². The largest absolute Gasteiger partial charge is 0.297 e. The summed E-state index contributed by atoms with van der Waals surface area (Å²) in [6.07, 6.45) is 3.17. The standard InChI is InChI=1S/C27H32ClNO5S2/c1-4-5-19-34-36(32,33)27-20-23(25-16-14-22(21(2)3)15-17-26(25)27)11-9-10-18-29(28)35(30,31)24-12-7-6-8-13-24/h6-8,12-17,20H,2,4-5,9-11,18-19H2,1,3H3. The molecule has 0 N–H and O–H groups in total. The van der Waals surface area contributed by atoms with Gasteiger partial charge in [0.15, 0.2) is 0 Å². The molecule has 0 atom stereocenters. The van der Waals surface area contributed by atoms with Crippen LogP contribution >= 0.6 is 11.8 Å². The molecule has 0 heterocycles. The van der Waals surface area contributed by atoms with Crippen molar-refractivity contribution < 1.29 is 21.0 Å². The average molecular weight is 550 g/mol. The quantitative estimate of drug-likeness (QED) is 0.138. The molecular formula is C27H32ClNO5S2.